The molecule has 9 nitrogen and oxygen atoms in total. The van der Waals surface area contributed by atoms with Gasteiger partial charge < -0.3 is 5.32 Å². The largest absolute Gasteiger partial charge is 0.360 e. The van der Waals surface area contributed by atoms with Gasteiger partial charge in [-0.15, -0.1) is 0 Å². The highest BCUT2D eigenvalue weighted by molar-refractivity contribution is 7.89. The first-order chi connectivity index (χ1) is 13.6. The maximum absolute atomic E-state index is 12.9. The summed E-state index contributed by atoms with van der Waals surface area (Å²) in [5.41, 5.74) is 1.02. The maximum Gasteiger partial charge on any atom is 0.295 e. The monoisotopic (exact) mass is 438 g/mol. The van der Waals surface area contributed by atoms with Gasteiger partial charge in [0.15, 0.2) is 11.7 Å². The van der Waals surface area contributed by atoms with Gasteiger partial charge >= 0.3 is 0 Å². The Hall–Kier alpha value is -2.56. The number of hydrogen-bond acceptors (Lipinski definition) is 7. The summed E-state index contributed by atoms with van der Waals surface area (Å²) >= 11 is 5.82. The van der Waals surface area contributed by atoms with E-state index in [0.29, 0.717) is 17.2 Å². The predicted octanol–water partition coefficient (Wildman–Crippen LogP) is 1.74. The van der Waals surface area contributed by atoms with Crippen LogP contribution in [0.4, 0.5) is 0 Å². The summed E-state index contributed by atoms with van der Waals surface area (Å²) in [6.45, 7) is 9.22. The van der Waals surface area contributed by atoms with Crippen LogP contribution in [0.15, 0.2) is 56.7 Å². The average Bonchev–Trinajstić information content (AvgIpc) is 2.67. The number of nitrogens with zero attached hydrogens (tertiary/aromatic N) is 4. The third-order valence-electron chi connectivity index (χ3n) is 3.94. The van der Waals surface area contributed by atoms with Gasteiger partial charge in [0.2, 0.25) is 10.0 Å². The van der Waals surface area contributed by atoms with Crippen LogP contribution in [0.25, 0.3) is 0 Å². The Morgan fingerprint density at radius 1 is 1.41 bits per heavy atom. The van der Waals surface area contributed by atoms with Crippen LogP contribution in [0.5, 0.6) is 0 Å². The molecule has 11 heteroatoms. The van der Waals surface area contributed by atoms with E-state index in [1.54, 1.807) is 19.1 Å². The van der Waals surface area contributed by atoms with Gasteiger partial charge in [-0.3, -0.25) is 14.7 Å². The number of hydrogen-bond donors (Lipinski definition) is 2. The van der Waals surface area contributed by atoms with Crippen LogP contribution in [0.3, 0.4) is 0 Å². The topological polar surface area (TPSA) is 116 Å². The van der Waals surface area contributed by atoms with Gasteiger partial charge in [0, 0.05) is 12.2 Å². The van der Waals surface area contributed by atoms with Gasteiger partial charge in [0.1, 0.15) is 15.7 Å². The van der Waals surface area contributed by atoms with E-state index in [-0.39, 0.29) is 34.4 Å². The summed E-state index contributed by atoms with van der Waals surface area (Å²) < 4.78 is 25.8. The highest BCUT2D eigenvalue weighted by Crippen LogP contribution is 2.19. The smallest absolute Gasteiger partial charge is 0.295 e. The summed E-state index contributed by atoms with van der Waals surface area (Å²) in [4.78, 5) is 27.1. The zero-order valence-electron chi connectivity index (χ0n) is 16.6. The normalized spacial score (nSPS) is 17.8. The van der Waals surface area contributed by atoms with Gasteiger partial charge in [-0.05, 0) is 40.0 Å². The van der Waals surface area contributed by atoms with Crippen LogP contribution in [-0.4, -0.2) is 49.0 Å². The van der Waals surface area contributed by atoms with E-state index in [9.17, 15) is 13.2 Å². The van der Waals surface area contributed by atoms with E-state index < -0.39 is 10.0 Å². The van der Waals surface area contributed by atoms with E-state index in [2.05, 4.69) is 31.6 Å². The van der Waals surface area contributed by atoms with Crippen molar-refractivity contribution in [3.05, 3.63) is 47.5 Å². The van der Waals surface area contributed by atoms with Crippen LogP contribution in [0.2, 0.25) is 0 Å². The molecule has 0 spiro atoms. The summed E-state index contributed by atoms with van der Waals surface area (Å²) in [6.07, 6.45) is 2.97. The first kappa shape index (κ1) is 22.7. The van der Waals surface area contributed by atoms with Gasteiger partial charge in [-0.25, -0.2) is 23.1 Å². The molecular weight excluding hydrogens is 416 g/mol. The summed E-state index contributed by atoms with van der Waals surface area (Å²) in [5.74, 6) is 0.0918. The van der Waals surface area contributed by atoms with Crippen molar-refractivity contribution in [1.29, 1.82) is 0 Å². The molecule has 0 bridgehead atoms. The molecule has 1 aromatic heterocycles. The SMILES string of the molecule is C=C(Cl)/N=C1\C(=C/C)N=C(NCc2ccc(S(=O)(=O)NC)cn2)C(=O)N1C(C)C. The van der Waals surface area contributed by atoms with E-state index in [1.165, 1.54) is 24.2 Å². The molecule has 1 amide bonds. The lowest BCUT2D eigenvalue weighted by Gasteiger charge is -2.32. The number of rotatable bonds is 6. The standard InChI is InChI=1S/C18H23ClN6O3S/c1-6-15-17(23-12(4)19)25(11(2)3)18(26)16(24-15)22-9-13-7-8-14(10-21-13)29(27,28)20-5/h6-8,10-11,20H,4,9H2,1-3,5H3,(H,22,24)/b15-6+,23-17+. The number of halogens is 1. The van der Waals surface area contributed by atoms with E-state index in [0.717, 1.165) is 0 Å². The highest BCUT2D eigenvalue weighted by Gasteiger charge is 2.33. The number of nitrogens with one attached hydrogen (secondary N) is 2. The Balaban J connectivity index is 2.27. The van der Waals surface area contributed by atoms with Gasteiger partial charge in [0.25, 0.3) is 5.91 Å². The number of amidine groups is 2. The number of carbonyl (C=O) groups is 1. The number of carbonyl (C=O) groups excluding carboxylic acids is 1. The Bertz CT molecular complexity index is 997. The number of aromatic nitrogens is 1. The lowest BCUT2D eigenvalue weighted by atomic mass is 10.2. The molecule has 0 fully saturated rings. The zero-order chi connectivity index (χ0) is 21.8. The molecule has 1 aliphatic heterocycles. The Morgan fingerprint density at radius 2 is 2.10 bits per heavy atom. The van der Waals surface area contributed by atoms with Crippen LogP contribution in [0.1, 0.15) is 26.5 Å². The zero-order valence-corrected chi connectivity index (χ0v) is 18.2. The molecule has 156 valence electrons. The number of allylic oxidation sites excluding steroid dienone is 1. The third kappa shape index (κ3) is 5.28. The van der Waals surface area contributed by atoms with E-state index in [1.807, 2.05) is 13.8 Å². The lowest BCUT2D eigenvalue weighted by Crippen LogP contribution is -2.52. The lowest BCUT2D eigenvalue weighted by molar-refractivity contribution is -0.122. The molecule has 0 atom stereocenters. The molecule has 2 heterocycles. The average molecular weight is 439 g/mol. The van der Waals surface area contributed by atoms with Crippen molar-refractivity contribution in [1.82, 2.24) is 19.9 Å². The van der Waals surface area contributed by atoms with Crippen molar-refractivity contribution >= 4 is 39.2 Å². The van der Waals surface area contributed by atoms with E-state index >= 15 is 0 Å². The van der Waals surface area contributed by atoms with Crippen molar-refractivity contribution in [3.63, 3.8) is 0 Å². The van der Waals surface area contributed by atoms with Crippen molar-refractivity contribution in [2.45, 2.75) is 38.3 Å². The molecular formula is C18H23ClN6O3S. The minimum atomic E-state index is -3.56. The first-order valence-corrected chi connectivity index (χ1v) is 10.6. The summed E-state index contributed by atoms with van der Waals surface area (Å²) in [7, 11) is -2.23. The Labute approximate surface area is 175 Å². The van der Waals surface area contributed by atoms with Crippen LogP contribution >= 0.6 is 11.6 Å². The fraction of sp³-hybridized carbons (Fsp3) is 0.333. The molecule has 1 aromatic rings. The molecule has 2 rings (SSSR count). The van der Waals surface area contributed by atoms with Crippen LogP contribution in [0, 0.1) is 0 Å². The number of amides is 1. The van der Waals surface area contributed by atoms with Crippen molar-refractivity contribution in [2.75, 3.05) is 7.05 Å². The number of pyridine rings is 1. The minimum absolute atomic E-state index is 0.0465. The quantitative estimate of drug-likeness (QED) is 0.656. The highest BCUT2D eigenvalue weighted by atomic mass is 35.5. The van der Waals surface area contributed by atoms with E-state index in [4.69, 9.17) is 11.6 Å². The van der Waals surface area contributed by atoms with Gasteiger partial charge in [0.05, 0.1) is 12.2 Å². The molecule has 0 aromatic carbocycles. The van der Waals surface area contributed by atoms with Crippen LogP contribution < -0.4 is 10.0 Å². The molecule has 0 saturated carbocycles. The molecule has 0 aliphatic carbocycles. The number of sulfonamides is 1. The fourth-order valence-corrected chi connectivity index (χ4v) is 3.29. The minimum Gasteiger partial charge on any atom is -0.360 e. The number of aliphatic imine (C=N–C) groups is 2. The second-order valence-corrected chi connectivity index (χ2v) is 8.58. The van der Waals surface area contributed by atoms with Crippen molar-refractivity contribution in [2.24, 2.45) is 9.98 Å². The van der Waals surface area contributed by atoms with Gasteiger partial charge in [-0.1, -0.05) is 24.3 Å². The summed E-state index contributed by atoms with van der Waals surface area (Å²) in [6, 6.07) is 2.81. The Kier molecular flexibility index (Phi) is 7.28. The third-order valence-corrected chi connectivity index (χ3v) is 5.43. The van der Waals surface area contributed by atoms with Crippen molar-refractivity contribution < 1.29 is 13.2 Å². The second-order valence-electron chi connectivity index (χ2n) is 6.26. The Morgan fingerprint density at radius 3 is 2.59 bits per heavy atom. The van der Waals surface area contributed by atoms with Crippen molar-refractivity contribution in [3.8, 4) is 0 Å². The molecule has 29 heavy (non-hydrogen) atoms. The second kappa shape index (κ2) is 9.29. The predicted molar refractivity (Wildman–Crippen MR) is 113 cm³/mol. The molecule has 0 unspecified atom stereocenters. The summed E-state index contributed by atoms with van der Waals surface area (Å²) in [5, 5.41) is 3.01. The molecule has 2 N–H and O–H groups in total. The van der Waals surface area contributed by atoms with Crippen LogP contribution in [-0.2, 0) is 21.4 Å². The molecule has 1 aliphatic rings. The molecule has 0 radical (unpaired) electrons. The maximum atomic E-state index is 12.9. The first-order valence-electron chi connectivity index (χ1n) is 8.75. The van der Waals surface area contributed by atoms with Gasteiger partial charge in [-0.2, -0.15) is 0 Å². The fourth-order valence-electron chi connectivity index (χ4n) is 2.53. The molecule has 0 saturated heterocycles.